The average molecular weight is 212 g/mol. The summed E-state index contributed by atoms with van der Waals surface area (Å²) in [4.78, 5) is 0. The molecule has 3 atom stereocenters. The summed E-state index contributed by atoms with van der Waals surface area (Å²) in [5.74, 6) is 1.19. The minimum atomic E-state index is -0.412. The minimum absolute atomic E-state index is 0.400. The van der Waals surface area contributed by atoms with Crippen LogP contribution in [0.4, 0.5) is 0 Å². The Morgan fingerprint density at radius 3 is 2.73 bits per heavy atom. The first kappa shape index (κ1) is 11.4. The van der Waals surface area contributed by atoms with Gasteiger partial charge in [0.25, 0.3) is 0 Å². The quantitative estimate of drug-likeness (QED) is 0.677. The lowest BCUT2D eigenvalue weighted by Crippen LogP contribution is -2.42. The Kier molecular flexibility index (Phi) is 3.68. The molecule has 0 aromatic heterocycles. The van der Waals surface area contributed by atoms with Gasteiger partial charge in [-0.25, -0.2) is 0 Å². The maximum Gasteiger partial charge on any atom is 0.0697 e. The third kappa shape index (κ3) is 2.73. The molecule has 1 aliphatic carbocycles. The van der Waals surface area contributed by atoms with Gasteiger partial charge in [0, 0.05) is 12.5 Å². The minimum Gasteiger partial charge on any atom is -0.390 e. The molecule has 1 heterocycles. The second-order valence-corrected chi connectivity index (χ2v) is 5.55. The van der Waals surface area contributed by atoms with Crippen molar-refractivity contribution in [2.45, 2.75) is 57.5 Å². The van der Waals surface area contributed by atoms with Crippen molar-refractivity contribution in [3.05, 3.63) is 0 Å². The second kappa shape index (κ2) is 4.84. The van der Waals surface area contributed by atoms with Gasteiger partial charge in [-0.05, 0) is 38.0 Å². The Hall–Kier alpha value is -0.0800. The molecule has 2 fully saturated rings. The van der Waals surface area contributed by atoms with Crippen LogP contribution in [0, 0.1) is 11.8 Å². The van der Waals surface area contributed by atoms with Crippen molar-refractivity contribution in [2.24, 2.45) is 11.8 Å². The van der Waals surface area contributed by atoms with E-state index in [2.05, 4.69) is 6.92 Å². The van der Waals surface area contributed by atoms with Gasteiger partial charge in [0.05, 0.1) is 12.2 Å². The first-order valence-electron chi connectivity index (χ1n) is 6.51. The first-order valence-corrected chi connectivity index (χ1v) is 6.51. The second-order valence-electron chi connectivity index (χ2n) is 5.55. The molecule has 2 nitrogen and oxygen atoms in total. The standard InChI is InChI=1S/C13H24O2/c1-11-4-2-7-13(14,8-6-11)12-5-3-9-15-10-12/h11-12,14H,2-10H2,1H3. The van der Waals surface area contributed by atoms with Crippen LogP contribution in [0.5, 0.6) is 0 Å². The number of rotatable bonds is 1. The molecule has 15 heavy (non-hydrogen) atoms. The largest absolute Gasteiger partial charge is 0.390 e. The predicted molar refractivity (Wildman–Crippen MR) is 60.7 cm³/mol. The third-order valence-electron chi connectivity index (χ3n) is 4.30. The Bertz CT molecular complexity index is 199. The lowest BCUT2D eigenvalue weighted by molar-refractivity contribution is -0.0875. The number of hydrogen-bond acceptors (Lipinski definition) is 2. The highest BCUT2D eigenvalue weighted by Crippen LogP contribution is 2.38. The lowest BCUT2D eigenvalue weighted by Gasteiger charge is -2.37. The van der Waals surface area contributed by atoms with Gasteiger partial charge in [-0.2, -0.15) is 0 Å². The molecule has 3 unspecified atom stereocenters. The van der Waals surface area contributed by atoms with Crippen molar-refractivity contribution >= 4 is 0 Å². The van der Waals surface area contributed by atoms with Crippen LogP contribution in [0.2, 0.25) is 0 Å². The van der Waals surface area contributed by atoms with Crippen LogP contribution in [0.3, 0.4) is 0 Å². The summed E-state index contributed by atoms with van der Waals surface area (Å²) in [6, 6.07) is 0. The lowest BCUT2D eigenvalue weighted by atomic mass is 9.78. The molecule has 2 heteroatoms. The third-order valence-corrected chi connectivity index (χ3v) is 4.30. The van der Waals surface area contributed by atoms with E-state index in [9.17, 15) is 5.11 Å². The first-order chi connectivity index (χ1) is 7.21. The summed E-state index contributed by atoms with van der Waals surface area (Å²) < 4.78 is 5.51. The molecule has 1 aliphatic heterocycles. The Morgan fingerprint density at radius 2 is 2.00 bits per heavy atom. The summed E-state index contributed by atoms with van der Waals surface area (Å²) in [7, 11) is 0. The van der Waals surface area contributed by atoms with Crippen molar-refractivity contribution in [1.82, 2.24) is 0 Å². The summed E-state index contributed by atoms with van der Waals surface area (Å²) in [6.07, 6.45) is 7.93. The molecule has 0 aromatic rings. The fourth-order valence-electron chi connectivity index (χ4n) is 3.10. The van der Waals surface area contributed by atoms with E-state index < -0.39 is 5.60 Å². The van der Waals surface area contributed by atoms with E-state index in [1.807, 2.05) is 0 Å². The van der Waals surface area contributed by atoms with Gasteiger partial charge < -0.3 is 9.84 Å². The van der Waals surface area contributed by atoms with Crippen LogP contribution in [0.15, 0.2) is 0 Å². The molecule has 0 aromatic carbocycles. The zero-order valence-corrected chi connectivity index (χ0v) is 9.87. The van der Waals surface area contributed by atoms with Gasteiger partial charge in [-0.1, -0.05) is 19.8 Å². The smallest absolute Gasteiger partial charge is 0.0697 e. The summed E-state index contributed by atoms with van der Waals surface area (Å²) in [5, 5.41) is 10.7. The Morgan fingerprint density at radius 1 is 1.13 bits per heavy atom. The average Bonchev–Trinajstić information content (AvgIpc) is 2.44. The van der Waals surface area contributed by atoms with Crippen molar-refractivity contribution < 1.29 is 9.84 Å². The SMILES string of the molecule is CC1CCCC(O)(C2CCCOC2)CC1. The van der Waals surface area contributed by atoms with Crippen LogP contribution >= 0.6 is 0 Å². The van der Waals surface area contributed by atoms with Gasteiger partial charge in [0.15, 0.2) is 0 Å². The van der Waals surface area contributed by atoms with Crippen molar-refractivity contribution in [1.29, 1.82) is 0 Å². The maximum absolute atomic E-state index is 10.7. The van der Waals surface area contributed by atoms with Crippen LogP contribution in [0.1, 0.15) is 51.9 Å². The monoisotopic (exact) mass is 212 g/mol. The van der Waals surface area contributed by atoms with E-state index in [0.717, 1.165) is 44.8 Å². The highest BCUT2D eigenvalue weighted by Gasteiger charge is 2.38. The summed E-state index contributed by atoms with van der Waals surface area (Å²) in [6.45, 7) is 3.98. The van der Waals surface area contributed by atoms with E-state index in [1.54, 1.807) is 0 Å². The van der Waals surface area contributed by atoms with E-state index in [1.165, 1.54) is 19.3 Å². The Balaban J connectivity index is 1.97. The van der Waals surface area contributed by atoms with Gasteiger partial charge in [-0.3, -0.25) is 0 Å². The Labute approximate surface area is 93.0 Å². The van der Waals surface area contributed by atoms with Crippen molar-refractivity contribution in [2.75, 3.05) is 13.2 Å². The van der Waals surface area contributed by atoms with Crippen LogP contribution in [-0.2, 0) is 4.74 Å². The molecule has 0 spiro atoms. The molecule has 2 aliphatic rings. The molecular formula is C13H24O2. The normalized spacial score (nSPS) is 43.6. The van der Waals surface area contributed by atoms with Crippen molar-refractivity contribution in [3.8, 4) is 0 Å². The number of hydrogen-bond donors (Lipinski definition) is 1. The van der Waals surface area contributed by atoms with E-state index in [0.29, 0.717) is 5.92 Å². The number of aliphatic hydroxyl groups is 1. The highest BCUT2D eigenvalue weighted by atomic mass is 16.5. The van der Waals surface area contributed by atoms with Gasteiger partial charge in [-0.15, -0.1) is 0 Å². The molecule has 1 N–H and O–H groups in total. The van der Waals surface area contributed by atoms with Crippen LogP contribution < -0.4 is 0 Å². The van der Waals surface area contributed by atoms with Crippen molar-refractivity contribution in [3.63, 3.8) is 0 Å². The molecule has 88 valence electrons. The molecule has 2 rings (SSSR count). The number of ether oxygens (including phenoxy) is 1. The topological polar surface area (TPSA) is 29.5 Å². The predicted octanol–water partition coefficient (Wildman–Crippen LogP) is 2.74. The summed E-state index contributed by atoms with van der Waals surface area (Å²) in [5.41, 5.74) is -0.412. The van der Waals surface area contributed by atoms with Gasteiger partial charge in [0.2, 0.25) is 0 Å². The van der Waals surface area contributed by atoms with Gasteiger partial charge >= 0.3 is 0 Å². The van der Waals surface area contributed by atoms with Crippen LogP contribution in [-0.4, -0.2) is 23.9 Å². The molecule has 0 radical (unpaired) electrons. The van der Waals surface area contributed by atoms with Crippen LogP contribution in [0.25, 0.3) is 0 Å². The highest BCUT2D eigenvalue weighted by molar-refractivity contribution is 4.90. The fourth-order valence-corrected chi connectivity index (χ4v) is 3.10. The summed E-state index contributed by atoms with van der Waals surface area (Å²) >= 11 is 0. The van der Waals surface area contributed by atoms with E-state index >= 15 is 0 Å². The molecule has 1 saturated carbocycles. The fraction of sp³-hybridized carbons (Fsp3) is 1.00. The van der Waals surface area contributed by atoms with Gasteiger partial charge in [0.1, 0.15) is 0 Å². The maximum atomic E-state index is 10.7. The van der Waals surface area contributed by atoms with E-state index in [4.69, 9.17) is 4.74 Å². The van der Waals surface area contributed by atoms with E-state index in [-0.39, 0.29) is 0 Å². The molecule has 0 amide bonds. The zero-order chi connectivity index (χ0) is 10.7. The molecule has 1 saturated heterocycles. The zero-order valence-electron chi connectivity index (χ0n) is 9.87. The molecule has 0 bridgehead atoms. The molecular weight excluding hydrogens is 188 g/mol.